The summed E-state index contributed by atoms with van der Waals surface area (Å²) in [6.45, 7) is 4.68. The van der Waals surface area contributed by atoms with Crippen LogP contribution in [0.15, 0.2) is 48.1 Å². The summed E-state index contributed by atoms with van der Waals surface area (Å²) in [6, 6.07) is 8.48. The molecule has 0 radical (unpaired) electrons. The van der Waals surface area contributed by atoms with Crippen molar-refractivity contribution < 1.29 is 4.84 Å². The van der Waals surface area contributed by atoms with E-state index in [1.54, 1.807) is 12.5 Å². The zero-order valence-corrected chi connectivity index (χ0v) is 12.1. The molecule has 20 heavy (non-hydrogen) atoms. The number of aryl methyl sites for hydroxylation is 1. The van der Waals surface area contributed by atoms with Crippen LogP contribution in [-0.2, 0) is 11.3 Å². The zero-order valence-electron chi connectivity index (χ0n) is 12.1. The number of imidazole rings is 1. The van der Waals surface area contributed by atoms with Crippen LogP contribution in [0.4, 0.5) is 0 Å². The van der Waals surface area contributed by atoms with E-state index >= 15 is 0 Å². The van der Waals surface area contributed by atoms with Gasteiger partial charge in [-0.1, -0.05) is 42.8 Å². The van der Waals surface area contributed by atoms with Gasteiger partial charge in [0.15, 0.2) is 5.84 Å². The molecule has 1 aromatic heterocycles. The Balaban J connectivity index is 2.21. The average Bonchev–Trinajstić information content (AvgIpc) is 3.01. The Morgan fingerprint density at radius 1 is 1.25 bits per heavy atom. The molecule has 0 fully saturated rings. The number of unbranched alkanes of at least 4 members (excludes halogenated alkanes) is 1. The van der Waals surface area contributed by atoms with E-state index in [2.05, 4.69) is 41.3 Å². The summed E-state index contributed by atoms with van der Waals surface area (Å²) in [5, 5.41) is 4.19. The van der Waals surface area contributed by atoms with Gasteiger partial charge in [0.1, 0.15) is 12.9 Å². The number of benzene rings is 1. The van der Waals surface area contributed by atoms with Gasteiger partial charge < -0.3 is 4.84 Å². The van der Waals surface area contributed by atoms with Crippen molar-refractivity contribution in [1.82, 2.24) is 9.55 Å². The second-order valence-electron chi connectivity index (χ2n) is 4.60. The summed E-state index contributed by atoms with van der Waals surface area (Å²) in [7, 11) is 0. The van der Waals surface area contributed by atoms with Gasteiger partial charge in [0.05, 0.1) is 0 Å². The SMILES string of the molecule is CCCCc1ccc(C(=NOCC)n2ccnc2)cc1. The van der Waals surface area contributed by atoms with Crippen molar-refractivity contribution in [3.05, 3.63) is 54.1 Å². The minimum absolute atomic E-state index is 0.548. The predicted octanol–water partition coefficient (Wildman–Crippen LogP) is 3.47. The van der Waals surface area contributed by atoms with E-state index in [0.29, 0.717) is 6.61 Å². The Hall–Kier alpha value is -2.10. The van der Waals surface area contributed by atoms with Crippen LogP contribution in [0.1, 0.15) is 37.8 Å². The first-order valence-corrected chi connectivity index (χ1v) is 7.12. The summed E-state index contributed by atoms with van der Waals surface area (Å²) < 4.78 is 1.86. The van der Waals surface area contributed by atoms with Crippen LogP contribution in [-0.4, -0.2) is 22.0 Å². The molecule has 0 aliphatic carbocycles. The molecule has 2 rings (SSSR count). The summed E-state index contributed by atoms with van der Waals surface area (Å²) in [6.07, 6.45) is 8.89. The van der Waals surface area contributed by atoms with Crippen molar-refractivity contribution >= 4 is 5.84 Å². The fourth-order valence-corrected chi connectivity index (χ4v) is 1.96. The van der Waals surface area contributed by atoms with Gasteiger partial charge in [0, 0.05) is 18.0 Å². The molecule has 0 spiro atoms. The average molecular weight is 271 g/mol. The van der Waals surface area contributed by atoms with E-state index < -0.39 is 0 Å². The molecule has 0 saturated heterocycles. The quantitative estimate of drug-likeness (QED) is 0.458. The van der Waals surface area contributed by atoms with Gasteiger partial charge in [0.25, 0.3) is 0 Å². The lowest BCUT2D eigenvalue weighted by molar-refractivity contribution is 0.158. The molecular formula is C16H21N3O. The van der Waals surface area contributed by atoms with Gasteiger partial charge >= 0.3 is 0 Å². The second-order valence-corrected chi connectivity index (χ2v) is 4.60. The number of aromatic nitrogens is 2. The highest BCUT2D eigenvalue weighted by Crippen LogP contribution is 2.10. The van der Waals surface area contributed by atoms with Gasteiger partial charge in [-0.25, -0.2) is 4.98 Å². The maximum atomic E-state index is 5.21. The highest BCUT2D eigenvalue weighted by Gasteiger charge is 2.07. The normalized spacial score (nSPS) is 11.6. The Labute approximate surface area is 120 Å². The topological polar surface area (TPSA) is 39.4 Å². The molecule has 0 amide bonds. The maximum Gasteiger partial charge on any atom is 0.184 e. The molecule has 106 valence electrons. The van der Waals surface area contributed by atoms with Crippen molar-refractivity contribution in [2.75, 3.05) is 6.61 Å². The molecule has 1 heterocycles. The molecule has 2 aromatic rings. The van der Waals surface area contributed by atoms with Crippen LogP contribution in [0.5, 0.6) is 0 Å². The Bertz CT molecular complexity index is 529. The standard InChI is InChI=1S/C16H21N3O/c1-3-5-6-14-7-9-15(10-8-14)16(18-20-4-2)19-12-11-17-13-19/h7-13H,3-6H2,1-2H3. The molecule has 0 aliphatic rings. The third-order valence-corrected chi connectivity index (χ3v) is 3.06. The highest BCUT2D eigenvalue weighted by molar-refractivity contribution is 5.99. The molecular weight excluding hydrogens is 250 g/mol. The molecule has 0 bridgehead atoms. The second kappa shape index (κ2) is 7.48. The van der Waals surface area contributed by atoms with Crippen molar-refractivity contribution in [2.45, 2.75) is 33.1 Å². The Morgan fingerprint density at radius 2 is 2.05 bits per heavy atom. The Morgan fingerprint density at radius 3 is 2.65 bits per heavy atom. The lowest BCUT2D eigenvalue weighted by Crippen LogP contribution is -2.12. The predicted molar refractivity (Wildman–Crippen MR) is 80.8 cm³/mol. The lowest BCUT2D eigenvalue weighted by atomic mass is 10.1. The first-order chi connectivity index (χ1) is 9.85. The van der Waals surface area contributed by atoms with Gasteiger partial charge in [-0.15, -0.1) is 0 Å². The summed E-state index contributed by atoms with van der Waals surface area (Å²) >= 11 is 0. The minimum atomic E-state index is 0.548. The van der Waals surface area contributed by atoms with Crippen LogP contribution >= 0.6 is 0 Å². The van der Waals surface area contributed by atoms with Crippen molar-refractivity contribution in [1.29, 1.82) is 0 Å². The van der Waals surface area contributed by atoms with Crippen molar-refractivity contribution in [3.8, 4) is 0 Å². The molecule has 4 nitrogen and oxygen atoms in total. The number of hydrogen-bond acceptors (Lipinski definition) is 3. The maximum absolute atomic E-state index is 5.21. The summed E-state index contributed by atoms with van der Waals surface area (Å²) in [5.41, 5.74) is 2.38. The van der Waals surface area contributed by atoms with E-state index in [4.69, 9.17) is 4.84 Å². The fraction of sp³-hybridized carbons (Fsp3) is 0.375. The first-order valence-electron chi connectivity index (χ1n) is 7.12. The van der Waals surface area contributed by atoms with E-state index in [1.807, 2.05) is 17.7 Å². The minimum Gasteiger partial charge on any atom is -0.394 e. The summed E-state index contributed by atoms with van der Waals surface area (Å²) in [5.74, 6) is 0.756. The summed E-state index contributed by atoms with van der Waals surface area (Å²) in [4.78, 5) is 9.27. The largest absolute Gasteiger partial charge is 0.394 e. The molecule has 0 saturated carbocycles. The number of oxime groups is 1. The third-order valence-electron chi connectivity index (χ3n) is 3.06. The van der Waals surface area contributed by atoms with Gasteiger partial charge in [-0.3, -0.25) is 4.57 Å². The number of hydrogen-bond donors (Lipinski definition) is 0. The molecule has 1 aromatic carbocycles. The van der Waals surface area contributed by atoms with Crippen LogP contribution in [0, 0.1) is 0 Å². The number of rotatable bonds is 6. The van der Waals surface area contributed by atoms with Crippen LogP contribution < -0.4 is 0 Å². The highest BCUT2D eigenvalue weighted by atomic mass is 16.6. The Kier molecular flexibility index (Phi) is 5.35. The number of nitrogens with zero attached hydrogens (tertiary/aromatic N) is 3. The van der Waals surface area contributed by atoms with Crippen molar-refractivity contribution in [3.63, 3.8) is 0 Å². The zero-order chi connectivity index (χ0) is 14.2. The molecule has 0 N–H and O–H groups in total. The van der Waals surface area contributed by atoms with Gasteiger partial charge in [-0.05, 0) is 25.3 Å². The third kappa shape index (κ3) is 3.70. The molecule has 0 atom stereocenters. The monoisotopic (exact) mass is 271 g/mol. The van der Waals surface area contributed by atoms with E-state index in [9.17, 15) is 0 Å². The van der Waals surface area contributed by atoms with Crippen LogP contribution in [0.2, 0.25) is 0 Å². The first kappa shape index (κ1) is 14.3. The van der Waals surface area contributed by atoms with E-state index in [1.165, 1.54) is 18.4 Å². The smallest absolute Gasteiger partial charge is 0.184 e. The van der Waals surface area contributed by atoms with Gasteiger partial charge in [-0.2, -0.15) is 0 Å². The fourth-order valence-electron chi connectivity index (χ4n) is 1.96. The molecule has 0 aliphatic heterocycles. The van der Waals surface area contributed by atoms with E-state index in [0.717, 1.165) is 17.8 Å². The van der Waals surface area contributed by atoms with Crippen molar-refractivity contribution in [2.24, 2.45) is 5.16 Å². The van der Waals surface area contributed by atoms with E-state index in [-0.39, 0.29) is 0 Å². The lowest BCUT2D eigenvalue weighted by Gasteiger charge is -2.08. The van der Waals surface area contributed by atoms with Crippen LogP contribution in [0.3, 0.4) is 0 Å². The van der Waals surface area contributed by atoms with Gasteiger partial charge in [0.2, 0.25) is 0 Å². The molecule has 0 unspecified atom stereocenters. The van der Waals surface area contributed by atoms with Crippen LogP contribution in [0.25, 0.3) is 0 Å². The molecule has 4 heteroatoms.